The van der Waals surface area contributed by atoms with Crippen LogP contribution in [0.3, 0.4) is 0 Å². The minimum Gasteiger partial charge on any atom is -0.465 e. The molecule has 184 valence electrons. The van der Waals surface area contributed by atoms with E-state index in [9.17, 15) is 14.4 Å². The Bertz CT molecular complexity index is 1500. The fourth-order valence-corrected chi connectivity index (χ4v) is 3.86. The number of nitrogens with two attached hydrogens (primary N) is 1. The number of rotatable bonds is 7. The molecule has 4 rings (SSSR count). The van der Waals surface area contributed by atoms with Crippen LogP contribution in [-0.4, -0.2) is 41.2 Å². The summed E-state index contributed by atoms with van der Waals surface area (Å²) < 4.78 is 11.1. The van der Waals surface area contributed by atoms with Gasteiger partial charge in [0.25, 0.3) is 0 Å². The van der Waals surface area contributed by atoms with E-state index >= 15 is 0 Å². The Kier molecular flexibility index (Phi) is 7.15. The highest BCUT2D eigenvalue weighted by molar-refractivity contribution is 6.03. The molecule has 0 aliphatic carbocycles. The molecule has 0 unspecified atom stereocenters. The molecular weight excluding hydrogens is 464 g/mol. The molecule has 0 spiro atoms. The number of oxime groups is 1. The number of methoxy groups -OCH3 is 1. The summed E-state index contributed by atoms with van der Waals surface area (Å²) in [6.45, 7) is 2.05. The van der Waals surface area contributed by atoms with Crippen LogP contribution < -0.4 is 11.4 Å². The van der Waals surface area contributed by atoms with Crippen LogP contribution in [0.5, 0.6) is 0 Å². The summed E-state index contributed by atoms with van der Waals surface area (Å²) in [5.74, 6) is -0.505. The van der Waals surface area contributed by atoms with Crippen molar-refractivity contribution in [3.05, 3.63) is 93.9 Å². The number of benzene rings is 3. The summed E-state index contributed by atoms with van der Waals surface area (Å²) in [5.41, 5.74) is 10.1. The van der Waals surface area contributed by atoms with Crippen molar-refractivity contribution in [3.63, 3.8) is 0 Å². The molecule has 0 bridgehead atoms. The number of ether oxygens (including phenoxy) is 2. The predicted molar refractivity (Wildman–Crippen MR) is 134 cm³/mol. The molecule has 0 fully saturated rings. The third-order valence-electron chi connectivity index (χ3n) is 5.49. The minimum absolute atomic E-state index is 0.0171. The summed E-state index contributed by atoms with van der Waals surface area (Å²) >= 11 is 0. The van der Waals surface area contributed by atoms with Crippen LogP contribution in [0.1, 0.15) is 28.4 Å². The van der Waals surface area contributed by atoms with Gasteiger partial charge in [-0.3, -0.25) is 9.40 Å². The van der Waals surface area contributed by atoms with Gasteiger partial charge in [-0.1, -0.05) is 59.8 Å². The Labute approximate surface area is 205 Å². The van der Waals surface area contributed by atoms with Crippen LogP contribution in [0.2, 0.25) is 0 Å². The van der Waals surface area contributed by atoms with Gasteiger partial charge < -0.3 is 20.2 Å². The van der Waals surface area contributed by atoms with Crippen molar-refractivity contribution >= 4 is 29.0 Å². The van der Waals surface area contributed by atoms with Gasteiger partial charge in [-0.2, -0.15) is 0 Å². The van der Waals surface area contributed by atoms with Crippen LogP contribution >= 0.6 is 0 Å². The fourth-order valence-electron chi connectivity index (χ4n) is 3.86. The molecule has 36 heavy (non-hydrogen) atoms. The zero-order valence-electron chi connectivity index (χ0n) is 19.7. The van der Waals surface area contributed by atoms with E-state index in [1.807, 2.05) is 36.4 Å². The first-order valence-electron chi connectivity index (χ1n) is 11.1. The number of para-hydroxylation sites is 1. The van der Waals surface area contributed by atoms with Crippen molar-refractivity contribution in [1.29, 1.82) is 0 Å². The predicted octanol–water partition coefficient (Wildman–Crippen LogP) is 3.62. The maximum Gasteiger partial charge on any atom is 0.535 e. The van der Waals surface area contributed by atoms with Gasteiger partial charge in [-0.05, 0) is 35.7 Å². The lowest BCUT2D eigenvalue weighted by Gasteiger charge is -2.11. The van der Waals surface area contributed by atoms with Crippen LogP contribution in [0.15, 0.2) is 76.7 Å². The van der Waals surface area contributed by atoms with E-state index in [4.69, 9.17) is 10.5 Å². The van der Waals surface area contributed by atoms with Crippen molar-refractivity contribution < 1.29 is 23.9 Å². The summed E-state index contributed by atoms with van der Waals surface area (Å²) in [6.07, 6.45) is -0.940. The van der Waals surface area contributed by atoms with Gasteiger partial charge in [-0.15, -0.1) is 0 Å². The number of amidine groups is 1. The van der Waals surface area contributed by atoms with E-state index in [0.717, 1.165) is 16.7 Å². The van der Waals surface area contributed by atoms with Gasteiger partial charge in [0.15, 0.2) is 5.84 Å². The maximum atomic E-state index is 12.6. The molecule has 3 N–H and O–H groups in total. The molecule has 0 aliphatic heterocycles. The summed E-state index contributed by atoms with van der Waals surface area (Å²) in [6, 6.07) is 19.8. The molecular formula is C26H24N4O6. The Balaban J connectivity index is 1.63. The normalized spacial score (nSPS) is 11.3. The molecule has 10 nitrogen and oxygen atoms in total. The molecule has 0 atom stereocenters. The van der Waals surface area contributed by atoms with Gasteiger partial charge in [0.1, 0.15) is 0 Å². The lowest BCUT2D eigenvalue weighted by Crippen LogP contribution is -2.18. The average Bonchev–Trinajstić information content (AvgIpc) is 3.22. The van der Waals surface area contributed by atoms with Crippen LogP contribution in [0.25, 0.3) is 22.2 Å². The SMILES string of the molecule is CCOC(=O)O/N=C(\N)c1ccccc1-c1ccc(Cn2c(=O)[nH]c3cccc(C(=O)OC)c32)cc1. The molecule has 3 aromatic carbocycles. The number of imidazole rings is 1. The Morgan fingerprint density at radius 2 is 1.72 bits per heavy atom. The zero-order valence-corrected chi connectivity index (χ0v) is 19.7. The van der Waals surface area contributed by atoms with Crippen LogP contribution in [0, 0.1) is 0 Å². The van der Waals surface area contributed by atoms with Crippen molar-refractivity contribution in [3.8, 4) is 11.1 Å². The number of fused-ring (bicyclic) bond motifs is 1. The molecule has 10 heteroatoms. The van der Waals surface area contributed by atoms with E-state index in [1.165, 1.54) is 11.7 Å². The van der Waals surface area contributed by atoms with Gasteiger partial charge in [-0.25, -0.2) is 14.4 Å². The molecule has 0 saturated carbocycles. The number of hydrogen-bond donors (Lipinski definition) is 2. The molecule has 1 heterocycles. The second-order valence-corrected chi connectivity index (χ2v) is 7.70. The number of carbonyl (C=O) groups excluding carboxylic acids is 2. The lowest BCUT2D eigenvalue weighted by atomic mass is 9.98. The van der Waals surface area contributed by atoms with Crippen molar-refractivity contribution in [2.24, 2.45) is 10.9 Å². The first-order valence-corrected chi connectivity index (χ1v) is 11.1. The topological polar surface area (TPSA) is 138 Å². The second kappa shape index (κ2) is 10.6. The first-order chi connectivity index (χ1) is 17.4. The molecule has 1 aromatic heterocycles. The van der Waals surface area contributed by atoms with E-state index in [-0.39, 0.29) is 24.7 Å². The minimum atomic E-state index is -0.940. The van der Waals surface area contributed by atoms with Crippen molar-refractivity contribution in [2.75, 3.05) is 13.7 Å². The first kappa shape index (κ1) is 24.3. The Morgan fingerprint density at radius 1 is 1.00 bits per heavy atom. The van der Waals surface area contributed by atoms with Gasteiger partial charge in [0.05, 0.1) is 36.9 Å². The monoisotopic (exact) mass is 488 g/mol. The summed E-state index contributed by atoms with van der Waals surface area (Å²) in [5, 5.41) is 3.68. The number of nitrogens with zero attached hydrogens (tertiary/aromatic N) is 2. The standard InChI is InChI=1S/C26H24N4O6/c1-3-35-26(33)36-29-23(27)19-8-5-4-7-18(19)17-13-11-16(12-14-17)15-30-22-20(24(31)34-2)9-6-10-21(22)28-25(30)32/h4-14H,3,15H2,1-2H3,(H2,27,29)(H,28,32). The van der Waals surface area contributed by atoms with E-state index < -0.39 is 12.1 Å². The van der Waals surface area contributed by atoms with Crippen molar-refractivity contribution in [2.45, 2.75) is 13.5 Å². The smallest absolute Gasteiger partial charge is 0.465 e. The van der Waals surface area contributed by atoms with E-state index in [2.05, 4.69) is 19.7 Å². The molecule has 0 aliphatic rings. The molecule has 0 radical (unpaired) electrons. The third-order valence-corrected chi connectivity index (χ3v) is 5.49. The highest BCUT2D eigenvalue weighted by atomic mass is 16.8. The third kappa shape index (κ3) is 4.97. The second-order valence-electron chi connectivity index (χ2n) is 7.70. The average molecular weight is 489 g/mol. The summed E-state index contributed by atoms with van der Waals surface area (Å²) in [4.78, 5) is 43.8. The van der Waals surface area contributed by atoms with Gasteiger partial charge in [0, 0.05) is 5.56 Å². The molecule has 4 aromatic rings. The molecule has 0 amide bonds. The van der Waals surface area contributed by atoms with E-state index in [0.29, 0.717) is 22.2 Å². The molecule has 0 saturated heterocycles. The van der Waals surface area contributed by atoms with Crippen LogP contribution in [-0.2, 0) is 20.9 Å². The lowest BCUT2D eigenvalue weighted by molar-refractivity contribution is 0.0597. The van der Waals surface area contributed by atoms with Crippen molar-refractivity contribution in [1.82, 2.24) is 9.55 Å². The highest BCUT2D eigenvalue weighted by Gasteiger charge is 2.17. The Morgan fingerprint density at radius 3 is 2.44 bits per heavy atom. The van der Waals surface area contributed by atoms with E-state index in [1.54, 1.807) is 37.3 Å². The number of nitrogens with one attached hydrogen (secondary N) is 1. The fraction of sp³-hybridized carbons (Fsp3) is 0.154. The number of hydrogen-bond acceptors (Lipinski definition) is 7. The highest BCUT2D eigenvalue weighted by Crippen LogP contribution is 2.25. The number of aromatic nitrogens is 2. The van der Waals surface area contributed by atoms with Crippen LogP contribution in [0.4, 0.5) is 4.79 Å². The van der Waals surface area contributed by atoms with Gasteiger partial charge >= 0.3 is 17.8 Å². The number of aromatic amines is 1. The summed E-state index contributed by atoms with van der Waals surface area (Å²) in [7, 11) is 1.30. The van der Waals surface area contributed by atoms with Gasteiger partial charge in [0.2, 0.25) is 0 Å². The number of carbonyl (C=O) groups is 2. The number of H-pyrrole nitrogens is 1. The quantitative estimate of drug-likeness (QED) is 0.133. The largest absolute Gasteiger partial charge is 0.535 e. The Hall–Kier alpha value is -4.86. The zero-order chi connectivity index (χ0) is 25.7. The number of esters is 1. The maximum absolute atomic E-state index is 12.6.